The van der Waals surface area contributed by atoms with E-state index in [2.05, 4.69) is 20.6 Å². The number of hydrogen-bond donors (Lipinski definition) is 3. The number of nitrogens with zero attached hydrogens (tertiary/aromatic N) is 2. The third-order valence-corrected chi connectivity index (χ3v) is 3.07. The molecule has 0 bridgehead atoms. The number of carbonyl (C=O) groups excluding carboxylic acids is 1. The van der Waals surface area contributed by atoms with Gasteiger partial charge < -0.3 is 15.2 Å². The van der Waals surface area contributed by atoms with Crippen LogP contribution in [0.5, 0.6) is 0 Å². The molecule has 7 nitrogen and oxygen atoms in total. The maximum absolute atomic E-state index is 11.6. The molecule has 1 aromatic rings. The van der Waals surface area contributed by atoms with Crippen LogP contribution >= 0.6 is 0 Å². The fourth-order valence-electron chi connectivity index (χ4n) is 2.17. The largest absolute Gasteiger partial charge is 0.444 e. The van der Waals surface area contributed by atoms with Crippen LogP contribution < -0.4 is 10.6 Å². The Morgan fingerprint density at radius 3 is 2.67 bits per heavy atom. The number of aromatic nitrogens is 2. The van der Waals surface area contributed by atoms with Crippen molar-refractivity contribution in [3.63, 3.8) is 0 Å². The van der Waals surface area contributed by atoms with E-state index in [0.717, 1.165) is 12.1 Å². The van der Waals surface area contributed by atoms with E-state index < -0.39 is 17.3 Å². The summed E-state index contributed by atoms with van der Waals surface area (Å²) in [6.45, 7) is 6.74. The van der Waals surface area contributed by atoms with E-state index in [1.165, 1.54) is 0 Å². The second-order valence-electron chi connectivity index (χ2n) is 6.37. The number of ether oxygens (including phenoxy) is 1. The van der Waals surface area contributed by atoms with Gasteiger partial charge in [0.1, 0.15) is 5.60 Å². The Labute approximate surface area is 124 Å². The van der Waals surface area contributed by atoms with Gasteiger partial charge in [-0.3, -0.25) is 5.32 Å². The average Bonchev–Trinajstić information content (AvgIpc) is 2.76. The van der Waals surface area contributed by atoms with E-state index in [0.29, 0.717) is 19.4 Å². The summed E-state index contributed by atoms with van der Waals surface area (Å²) in [4.78, 5) is 19.7. The van der Waals surface area contributed by atoms with Gasteiger partial charge in [0.15, 0.2) is 0 Å². The summed E-state index contributed by atoms with van der Waals surface area (Å²) in [6.07, 6.45) is 3.83. The van der Waals surface area contributed by atoms with Crippen LogP contribution in [0.3, 0.4) is 0 Å². The lowest BCUT2D eigenvalue weighted by Gasteiger charge is -2.21. The first kappa shape index (κ1) is 15.7. The monoisotopic (exact) mass is 294 g/mol. The van der Waals surface area contributed by atoms with Gasteiger partial charge in [-0.05, 0) is 39.3 Å². The minimum atomic E-state index is -0.733. The Balaban J connectivity index is 1.91. The molecule has 7 heteroatoms. The lowest BCUT2D eigenvalue weighted by atomic mass is 9.95. The maximum Gasteiger partial charge on any atom is 0.414 e. The second kappa shape index (κ2) is 5.95. The Morgan fingerprint density at radius 2 is 2.14 bits per heavy atom. The molecule has 0 saturated carbocycles. The number of rotatable bonds is 3. The van der Waals surface area contributed by atoms with E-state index in [4.69, 9.17) is 4.74 Å². The van der Waals surface area contributed by atoms with Gasteiger partial charge in [0.25, 0.3) is 0 Å². The lowest BCUT2D eigenvalue weighted by molar-refractivity contribution is 0.0612. The van der Waals surface area contributed by atoms with Gasteiger partial charge in [-0.2, -0.15) is 0 Å². The molecule has 0 spiro atoms. The molecular weight excluding hydrogens is 272 g/mol. The van der Waals surface area contributed by atoms with Crippen LogP contribution in [0.15, 0.2) is 12.4 Å². The first-order valence-corrected chi connectivity index (χ1v) is 7.00. The molecule has 0 aliphatic carbocycles. The zero-order chi connectivity index (χ0) is 15.5. The second-order valence-corrected chi connectivity index (χ2v) is 6.37. The number of carbonyl (C=O) groups is 1. The SMILES string of the molecule is CC(C)(C)OC(=O)Nc1ncc(CC2(O)CCNC2)cn1. The van der Waals surface area contributed by atoms with Crippen molar-refractivity contribution in [1.29, 1.82) is 0 Å². The van der Waals surface area contributed by atoms with Gasteiger partial charge in [-0.25, -0.2) is 14.8 Å². The topological polar surface area (TPSA) is 96.4 Å². The van der Waals surface area contributed by atoms with Crippen LogP contribution in [0.1, 0.15) is 32.8 Å². The Morgan fingerprint density at radius 1 is 1.48 bits per heavy atom. The zero-order valence-corrected chi connectivity index (χ0v) is 12.6. The molecule has 2 rings (SSSR count). The number of aliphatic hydroxyl groups is 1. The summed E-state index contributed by atoms with van der Waals surface area (Å²) in [7, 11) is 0. The first-order chi connectivity index (χ1) is 9.76. The number of nitrogens with one attached hydrogen (secondary N) is 2. The van der Waals surface area contributed by atoms with Gasteiger partial charge in [-0.15, -0.1) is 0 Å². The van der Waals surface area contributed by atoms with E-state index in [-0.39, 0.29) is 5.95 Å². The van der Waals surface area contributed by atoms with Crippen LogP contribution in [-0.4, -0.2) is 45.5 Å². The molecule has 1 aromatic heterocycles. The molecule has 1 amide bonds. The Hall–Kier alpha value is -1.73. The van der Waals surface area contributed by atoms with Gasteiger partial charge in [0.05, 0.1) is 5.60 Å². The molecule has 3 N–H and O–H groups in total. The number of β-amino-alcohol motifs (C(OH)–C–C–N with tert-alkyl or cyclic N) is 1. The van der Waals surface area contributed by atoms with Crippen molar-refractivity contribution in [1.82, 2.24) is 15.3 Å². The molecule has 1 aliphatic rings. The summed E-state index contributed by atoms with van der Waals surface area (Å²) in [5, 5.41) is 15.9. The van der Waals surface area contributed by atoms with Crippen molar-refractivity contribution in [3.05, 3.63) is 18.0 Å². The summed E-state index contributed by atoms with van der Waals surface area (Å²) < 4.78 is 5.12. The zero-order valence-electron chi connectivity index (χ0n) is 12.6. The predicted molar refractivity (Wildman–Crippen MR) is 78.0 cm³/mol. The van der Waals surface area contributed by atoms with Crippen LogP contribution in [0.2, 0.25) is 0 Å². The van der Waals surface area contributed by atoms with E-state index >= 15 is 0 Å². The van der Waals surface area contributed by atoms with Gasteiger partial charge in [-0.1, -0.05) is 0 Å². The molecule has 116 valence electrons. The van der Waals surface area contributed by atoms with Gasteiger partial charge in [0, 0.05) is 25.4 Å². The smallest absolute Gasteiger partial charge is 0.414 e. The number of anilines is 1. The fraction of sp³-hybridized carbons (Fsp3) is 0.643. The van der Waals surface area contributed by atoms with Crippen LogP contribution in [0.4, 0.5) is 10.7 Å². The minimum absolute atomic E-state index is 0.185. The molecule has 21 heavy (non-hydrogen) atoms. The van der Waals surface area contributed by atoms with E-state index in [1.54, 1.807) is 33.2 Å². The van der Waals surface area contributed by atoms with Crippen molar-refractivity contribution < 1.29 is 14.6 Å². The van der Waals surface area contributed by atoms with Crippen LogP contribution in [0, 0.1) is 0 Å². The maximum atomic E-state index is 11.6. The summed E-state index contributed by atoms with van der Waals surface area (Å²) in [5.74, 6) is 0.185. The van der Waals surface area contributed by atoms with Gasteiger partial charge in [0.2, 0.25) is 5.95 Å². The molecule has 2 heterocycles. The van der Waals surface area contributed by atoms with E-state index in [9.17, 15) is 9.90 Å². The number of hydrogen-bond acceptors (Lipinski definition) is 6. The van der Waals surface area contributed by atoms with Crippen molar-refractivity contribution in [2.24, 2.45) is 0 Å². The average molecular weight is 294 g/mol. The van der Waals surface area contributed by atoms with E-state index in [1.807, 2.05) is 0 Å². The van der Waals surface area contributed by atoms with Crippen molar-refractivity contribution >= 4 is 12.0 Å². The van der Waals surface area contributed by atoms with Crippen molar-refractivity contribution in [2.45, 2.75) is 44.8 Å². The molecule has 1 aliphatic heterocycles. The fourth-order valence-corrected chi connectivity index (χ4v) is 2.17. The molecule has 1 saturated heterocycles. The summed E-state index contributed by atoms with van der Waals surface area (Å²) in [6, 6.07) is 0. The standard InChI is InChI=1S/C14H22N4O3/c1-13(2,3)21-12(19)18-11-16-7-10(8-17-11)6-14(20)4-5-15-9-14/h7-8,15,20H,4-6,9H2,1-3H3,(H,16,17,18,19). The van der Waals surface area contributed by atoms with Gasteiger partial charge >= 0.3 is 6.09 Å². The molecular formula is C14H22N4O3. The van der Waals surface area contributed by atoms with Crippen molar-refractivity contribution in [2.75, 3.05) is 18.4 Å². The highest BCUT2D eigenvalue weighted by molar-refractivity contribution is 5.82. The quantitative estimate of drug-likeness (QED) is 0.772. The first-order valence-electron chi connectivity index (χ1n) is 7.00. The highest BCUT2D eigenvalue weighted by Gasteiger charge is 2.31. The highest BCUT2D eigenvalue weighted by atomic mass is 16.6. The number of amides is 1. The molecule has 1 unspecified atom stereocenters. The van der Waals surface area contributed by atoms with Crippen LogP contribution in [0.25, 0.3) is 0 Å². The summed E-state index contributed by atoms with van der Waals surface area (Å²) in [5.41, 5.74) is -0.470. The normalized spacial score (nSPS) is 22.1. The van der Waals surface area contributed by atoms with Crippen molar-refractivity contribution in [3.8, 4) is 0 Å². The highest BCUT2D eigenvalue weighted by Crippen LogP contribution is 2.19. The minimum Gasteiger partial charge on any atom is -0.444 e. The Bertz CT molecular complexity index is 490. The third-order valence-electron chi connectivity index (χ3n) is 3.07. The van der Waals surface area contributed by atoms with Crippen LogP contribution in [-0.2, 0) is 11.2 Å². The molecule has 0 radical (unpaired) electrons. The third kappa shape index (κ3) is 4.95. The molecule has 1 atom stereocenters. The Kier molecular flexibility index (Phi) is 4.43. The lowest BCUT2D eigenvalue weighted by Crippen LogP contribution is -2.33. The molecule has 1 fully saturated rings. The molecule has 0 aromatic carbocycles. The predicted octanol–water partition coefficient (Wildman–Crippen LogP) is 1.09. The summed E-state index contributed by atoms with van der Waals surface area (Å²) >= 11 is 0.